The molecule has 0 radical (unpaired) electrons. The minimum atomic E-state index is -4.41. The average molecular weight is 534 g/mol. The Hall–Kier alpha value is -3.20. The molecular formula is C23H20FN3O7S2. The molecule has 5 rings (SSSR count). The molecule has 13 heteroatoms. The number of fused-ring (bicyclic) bond motifs is 1. The Balaban J connectivity index is 1.39. The van der Waals surface area contributed by atoms with E-state index in [0.717, 1.165) is 0 Å². The number of carbonyl (C=O) groups excluding carboxylic acids is 1. The van der Waals surface area contributed by atoms with Gasteiger partial charge in [0.15, 0.2) is 0 Å². The zero-order valence-electron chi connectivity index (χ0n) is 18.6. The van der Waals surface area contributed by atoms with Crippen LogP contribution in [-0.2, 0) is 30.8 Å². The van der Waals surface area contributed by atoms with E-state index in [9.17, 15) is 22.8 Å². The molecule has 0 saturated carbocycles. The second-order valence-corrected chi connectivity index (χ2v) is 10.5. The summed E-state index contributed by atoms with van der Waals surface area (Å²) in [5, 5.41) is 12.5. The summed E-state index contributed by atoms with van der Waals surface area (Å²) < 4.78 is 57.0. The number of thiazole rings is 1. The van der Waals surface area contributed by atoms with Crippen LogP contribution in [0, 0.1) is 5.82 Å². The van der Waals surface area contributed by atoms with Crippen molar-refractivity contribution >= 4 is 27.3 Å². The lowest BCUT2D eigenvalue weighted by molar-refractivity contribution is -0.209. The Morgan fingerprint density at radius 2 is 1.83 bits per heavy atom. The highest BCUT2D eigenvalue weighted by Crippen LogP contribution is 2.31. The van der Waals surface area contributed by atoms with Crippen LogP contribution in [-0.4, -0.2) is 53.1 Å². The van der Waals surface area contributed by atoms with Crippen LogP contribution >= 0.6 is 11.3 Å². The van der Waals surface area contributed by atoms with Crippen molar-refractivity contribution in [2.45, 2.75) is 30.1 Å². The predicted octanol–water partition coefficient (Wildman–Crippen LogP) is 3.47. The van der Waals surface area contributed by atoms with E-state index in [1.54, 1.807) is 5.38 Å². The largest absolute Gasteiger partial charge is 0.457 e. The van der Waals surface area contributed by atoms with E-state index in [4.69, 9.17) is 14.2 Å². The summed E-state index contributed by atoms with van der Waals surface area (Å²) in [6, 6.07) is 10.7. The zero-order chi connectivity index (χ0) is 25.3. The second kappa shape index (κ2) is 10.0. The van der Waals surface area contributed by atoms with Gasteiger partial charge in [-0.1, -0.05) is 4.41 Å². The minimum absolute atomic E-state index is 0.0878. The van der Waals surface area contributed by atoms with Crippen molar-refractivity contribution in [2.75, 3.05) is 6.79 Å². The van der Waals surface area contributed by atoms with E-state index in [0.29, 0.717) is 21.6 Å². The summed E-state index contributed by atoms with van der Waals surface area (Å²) in [5.41, 5.74) is 2.03. The molecule has 1 saturated heterocycles. The maximum Gasteiger partial charge on any atom is 0.289 e. The van der Waals surface area contributed by atoms with E-state index in [2.05, 4.69) is 4.98 Å². The number of halogens is 1. The molecule has 3 aromatic rings. The lowest BCUT2D eigenvalue weighted by Gasteiger charge is -2.28. The van der Waals surface area contributed by atoms with Gasteiger partial charge in [0.05, 0.1) is 28.7 Å². The fraction of sp³-hybridized carbons (Fsp3) is 0.217. The number of nitrogens with zero attached hydrogens (tertiary/aromatic N) is 3. The van der Waals surface area contributed by atoms with Crippen molar-refractivity contribution in [3.8, 4) is 11.5 Å². The van der Waals surface area contributed by atoms with Crippen LogP contribution in [0.4, 0.5) is 4.39 Å². The molecule has 1 fully saturated rings. The fourth-order valence-electron chi connectivity index (χ4n) is 3.76. The Morgan fingerprint density at radius 3 is 2.47 bits per heavy atom. The Bertz CT molecular complexity index is 1360. The summed E-state index contributed by atoms with van der Waals surface area (Å²) in [7, 11) is -4.41. The molecule has 2 aromatic carbocycles. The number of ether oxygens (including phenoxy) is 3. The monoisotopic (exact) mass is 533 g/mol. The molecule has 188 valence electrons. The van der Waals surface area contributed by atoms with Gasteiger partial charge in [0, 0.05) is 17.4 Å². The van der Waals surface area contributed by atoms with Gasteiger partial charge in [0.1, 0.15) is 30.2 Å². The highest BCUT2D eigenvalue weighted by molar-refractivity contribution is 7.89. The first-order valence-electron chi connectivity index (χ1n) is 10.7. The van der Waals surface area contributed by atoms with Crippen LogP contribution in [0.15, 0.2) is 76.0 Å². The highest BCUT2D eigenvalue weighted by atomic mass is 32.2. The fourth-order valence-corrected chi connectivity index (χ4v) is 5.61. The normalized spacial score (nSPS) is 19.2. The number of amides is 1. The van der Waals surface area contributed by atoms with Crippen molar-refractivity contribution in [2.24, 2.45) is 0 Å². The summed E-state index contributed by atoms with van der Waals surface area (Å²) in [6.07, 6.45) is 0.933. The molecular weight excluding hydrogens is 513 g/mol. The first-order chi connectivity index (χ1) is 17.3. The van der Waals surface area contributed by atoms with Crippen molar-refractivity contribution in [3.05, 3.63) is 82.6 Å². The lowest BCUT2D eigenvalue weighted by atomic mass is 10.2. The molecule has 1 amide bonds. The third kappa shape index (κ3) is 5.02. The van der Waals surface area contributed by atoms with Gasteiger partial charge in [-0.3, -0.25) is 10.0 Å². The highest BCUT2D eigenvalue weighted by Gasteiger charge is 2.40. The molecule has 2 aliphatic rings. The summed E-state index contributed by atoms with van der Waals surface area (Å²) in [6.45, 7) is -0.267. The number of hydrazine groups is 1. The van der Waals surface area contributed by atoms with Gasteiger partial charge >= 0.3 is 0 Å². The van der Waals surface area contributed by atoms with E-state index in [-0.39, 0.29) is 41.5 Å². The van der Waals surface area contributed by atoms with Gasteiger partial charge in [0.25, 0.3) is 15.9 Å². The molecule has 2 unspecified atom stereocenters. The summed E-state index contributed by atoms with van der Waals surface area (Å²) in [4.78, 5) is 16.9. The van der Waals surface area contributed by atoms with E-state index >= 15 is 0 Å². The van der Waals surface area contributed by atoms with Crippen LogP contribution < -0.4 is 4.74 Å². The van der Waals surface area contributed by atoms with E-state index in [1.807, 2.05) is 0 Å². The number of rotatable bonds is 8. The van der Waals surface area contributed by atoms with Crippen LogP contribution in [0.25, 0.3) is 0 Å². The number of hydroxylamine groups is 1. The topological polar surface area (TPSA) is 118 Å². The molecule has 2 atom stereocenters. The van der Waals surface area contributed by atoms with Gasteiger partial charge in [-0.25, -0.2) is 17.8 Å². The number of sulfonamides is 1. The Morgan fingerprint density at radius 1 is 1.14 bits per heavy atom. The Kier molecular flexibility index (Phi) is 6.83. The molecule has 0 bridgehead atoms. The van der Waals surface area contributed by atoms with Crippen LogP contribution in [0.5, 0.6) is 11.5 Å². The molecule has 2 heterocycles. The van der Waals surface area contributed by atoms with E-state index in [1.165, 1.54) is 71.5 Å². The average Bonchev–Trinajstić information content (AvgIpc) is 3.62. The summed E-state index contributed by atoms with van der Waals surface area (Å²) in [5.74, 6) is -0.645. The van der Waals surface area contributed by atoms with Crippen molar-refractivity contribution < 1.29 is 37.0 Å². The van der Waals surface area contributed by atoms with Gasteiger partial charge in [-0.15, -0.1) is 16.5 Å². The first kappa shape index (κ1) is 24.5. The van der Waals surface area contributed by atoms with Crippen LogP contribution in [0.2, 0.25) is 0 Å². The van der Waals surface area contributed by atoms with Crippen LogP contribution in [0.1, 0.15) is 12.1 Å². The van der Waals surface area contributed by atoms with Gasteiger partial charge in [-0.2, -0.15) is 0 Å². The second-order valence-electron chi connectivity index (χ2n) is 7.94. The SMILES string of the molecule is O=C(C1=CC2OCOC2C1)N(O)N(Cc1cscn1)S(=O)(=O)c1ccc(Oc2ccc(F)cc2)cc1. The lowest BCUT2D eigenvalue weighted by Crippen LogP contribution is -2.47. The molecule has 1 aliphatic carbocycles. The third-order valence-electron chi connectivity index (χ3n) is 5.59. The van der Waals surface area contributed by atoms with Crippen molar-refractivity contribution in [1.82, 2.24) is 14.6 Å². The molecule has 0 spiro atoms. The number of benzene rings is 2. The zero-order valence-corrected chi connectivity index (χ0v) is 20.2. The van der Waals surface area contributed by atoms with Crippen LogP contribution in [0.3, 0.4) is 0 Å². The first-order valence-corrected chi connectivity index (χ1v) is 13.1. The number of aromatic nitrogens is 1. The molecule has 1 aromatic heterocycles. The number of carbonyl (C=O) groups is 1. The molecule has 10 nitrogen and oxygen atoms in total. The quantitative estimate of drug-likeness (QED) is 0.346. The number of hydrogen-bond donors (Lipinski definition) is 1. The van der Waals surface area contributed by atoms with E-state index < -0.39 is 27.9 Å². The Labute approximate surface area is 209 Å². The van der Waals surface area contributed by atoms with Gasteiger partial charge < -0.3 is 14.2 Å². The van der Waals surface area contributed by atoms with Crippen molar-refractivity contribution in [3.63, 3.8) is 0 Å². The predicted molar refractivity (Wildman–Crippen MR) is 124 cm³/mol. The standard InChI is InChI=1S/C23H20FN3O7S2/c24-16-1-3-18(4-2-16)34-19-5-7-20(8-6-19)36(30,31)26(11-17-12-35-13-25-17)27(29)23(28)15-9-21-22(10-15)33-14-32-21/h1-9,12-13,21-22,29H,10-11,14H2. The third-order valence-corrected chi connectivity index (χ3v) is 7.93. The number of hydrogen-bond acceptors (Lipinski definition) is 9. The van der Waals surface area contributed by atoms with Gasteiger partial charge in [-0.05, 0) is 54.6 Å². The molecule has 1 N–H and O–H groups in total. The van der Waals surface area contributed by atoms with Crippen molar-refractivity contribution in [1.29, 1.82) is 0 Å². The molecule has 36 heavy (non-hydrogen) atoms. The van der Waals surface area contributed by atoms with Gasteiger partial charge in [0.2, 0.25) is 0 Å². The maximum absolute atomic E-state index is 13.5. The maximum atomic E-state index is 13.5. The summed E-state index contributed by atoms with van der Waals surface area (Å²) >= 11 is 1.25. The minimum Gasteiger partial charge on any atom is -0.457 e. The smallest absolute Gasteiger partial charge is 0.289 e. The molecule has 1 aliphatic heterocycles.